The van der Waals surface area contributed by atoms with E-state index in [9.17, 15) is 31.1 Å². The number of carbonyl (C=O) groups is 1. The minimum absolute atomic E-state index is 0.139. The molecule has 134 valence electrons. The van der Waals surface area contributed by atoms with Gasteiger partial charge in [-0.2, -0.15) is 26.3 Å². The SMILES string of the molecule is O=C(NCc1cc(OCC(F)(F)F)ncn1)NC1CC1C(F)(F)F. The molecule has 24 heavy (non-hydrogen) atoms. The lowest BCUT2D eigenvalue weighted by Crippen LogP contribution is -2.38. The summed E-state index contributed by atoms with van der Waals surface area (Å²) >= 11 is 0. The number of nitrogens with zero attached hydrogens (tertiary/aromatic N) is 2. The van der Waals surface area contributed by atoms with Gasteiger partial charge in [0.2, 0.25) is 5.88 Å². The number of nitrogens with one attached hydrogen (secondary N) is 2. The van der Waals surface area contributed by atoms with E-state index in [1.54, 1.807) is 0 Å². The van der Waals surface area contributed by atoms with E-state index in [-0.39, 0.29) is 24.5 Å². The van der Waals surface area contributed by atoms with Gasteiger partial charge >= 0.3 is 18.4 Å². The Labute approximate surface area is 131 Å². The molecule has 1 heterocycles. The summed E-state index contributed by atoms with van der Waals surface area (Å²) in [5.74, 6) is -1.89. The van der Waals surface area contributed by atoms with E-state index >= 15 is 0 Å². The fraction of sp³-hybridized carbons (Fsp3) is 0.583. The lowest BCUT2D eigenvalue weighted by atomic mass is 10.4. The maximum atomic E-state index is 12.3. The first-order valence-corrected chi connectivity index (χ1v) is 6.66. The molecule has 2 unspecified atom stereocenters. The molecule has 1 aliphatic carbocycles. The number of carbonyl (C=O) groups excluding carboxylic acids is 1. The lowest BCUT2D eigenvalue weighted by Gasteiger charge is -2.10. The Hall–Kier alpha value is -2.27. The maximum Gasteiger partial charge on any atom is 0.422 e. The maximum absolute atomic E-state index is 12.3. The zero-order valence-electron chi connectivity index (χ0n) is 11.9. The van der Waals surface area contributed by atoms with Crippen molar-refractivity contribution in [2.24, 2.45) is 5.92 Å². The first-order chi connectivity index (χ1) is 11.0. The van der Waals surface area contributed by atoms with E-state index in [0.29, 0.717) is 0 Å². The lowest BCUT2D eigenvalue weighted by molar-refractivity contribution is -0.154. The minimum atomic E-state index is -4.53. The highest BCUT2D eigenvalue weighted by atomic mass is 19.4. The number of amides is 2. The summed E-state index contributed by atoms with van der Waals surface area (Å²) in [6, 6.07) is -0.717. The standard InChI is InChI=1S/C12H12F6N4O2/c13-11(14,15)4-24-9-1-6(20-5-21-9)3-19-10(23)22-8-2-7(8)12(16,17)18/h1,5,7-8H,2-4H2,(H2,19,22,23). The average Bonchev–Trinajstić information content (AvgIpc) is 3.22. The van der Waals surface area contributed by atoms with E-state index in [4.69, 9.17) is 0 Å². The molecule has 0 saturated heterocycles. The van der Waals surface area contributed by atoms with Crippen molar-refractivity contribution in [3.05, 3.63) is 18.1 Å². The van der Waals surface area contributed by atoms with Gasteiger partial charge in [-0.3, -0.25) is 0 Å². The average molecular weight is 358 g/mol. The first-order valence-electron chi connectivity index (χ1n) is 6.66. The van der Waals surface area contributed by atoms with Crippen LogP contribution in [0.3, 0.4) is 0 Å². The summed E-state index contributed by atoms with van der Waals surface area (Å²) < 4.78 is 77.4. The monoisotopic (exact) mass is 358 g/mol. The van der Waals surface area contributed by atoms with Crippen molar-refractivity contribution >= 4 is 6.03 Å². The van der Waals surface area contributed by atoms with Gasteiger partial charge in [-0.15, -0.1) is 0 Å². The number of hydrogen-bond donors (Lipinski definition) is 2. The molecule has 1 aromatic rings. The van der Waals surface area contributed by atoms with E-state index in [0.717, 1.165) is 12.4 Å². The van der Waals surface area contributed by atoms with Crippen molar-refractivity contribution in [2.75, 3.05) is 6.61 Å². The molecule has 2 atom stereocenters. The quantitative estimate of drug-likeness (QED) is 0.791. The molecular weight excluding hydrogens is 346 g/mol. The molecule has 6 nitrogen and oxygen atoms in total. The Morgan fingerprint density at radius 2 is 1.96 bits per heavy atom. The zero-order valence-corrected chi connectivity index (χ0v) is 11.9. The fourth-order valence-electron chi connectivity index (χ4n) is 1.81. The van der Waals surface area contributed by atoms with Gasteiger partial charge in [0.15, 0.2) is 6.61 Å². The third-order valence-corrected chi connectivity index (χ3v) is 3.04. The van der Waals surface area contributed by atoms with Gasteiger partial charge in [-0.25, -0.2) is 14.8 Å². The number of aromatic nitrogens is 2. The number of urea groups is 1. The van der Waals surface area contributed by atoms with Crippen molar-refractivity contribution in [1.82, 2.24) is 20.6 Å². The van der Waals surface area contributed by atoms with Gasteiger partial charge in [0, 0.05) is 12.1 Å². The number of halogens is 6. The predicted octanol–water partition coefficient (Wildman–Crippen LogP) is 2.17. The van der Waals surface area contributed by atoms with Crippen LogP contribution >= 0.6 is 0 Å². The van der Waals surface area contributed by atoms with Gasteiger partial charge in [-0.05, 0) is 6.42 Å². The molecule has 1 saturated carbocycles. The van der Waals surface area contributed by atoms with E-state index < -0.39 is 37.0 Å². The number of hydrogen-bond acceptors (Lipinski definition) is 4. The fourth-order valence-corrected chi connectivity index (χ4v) is 1.81. The highest BCUT2D eigenvalue weighted by Gasteiger charge is 2.56. The summed E-state index contributed by atoms with van der Waals surface area (Å²) in [7, 11) is 0. The van der Waals surface area contributed by atoms with Crippen molar-refractivity contribution < 1.29 is 35.9 Å². The number of rotatable bonds is 5. The number of ether oxygens (including phenoxy) is 1. The normalized spacial score (nSPS) is 20.4. The molecule has 2 rings (SSSR count). The largest absolute Gasteiger partial charge is 0.468 e. The van der Waals surface area contributed by atoms with E-state index in [2.05, 4.69) is 25.3 Å². The van der Waals surface area contributed by atoms with Crippen LogP contribution in [0.5, 0.6) is 5.88 Å². The van der Waals surface area contributed by atoms with Crippen LogP contribution in [0.4, 0.5) is 31.1 Å². The molecular formula is C12H12F6N4O2. The topological polar surface area (TPSA) is 76.1 Å². The van der Waals surface area contributed by atoms with Crippen molar-refractivity contribution in [3.63, 3.8) is 0 Å². The van der Waals surface area contributed by atoms with Crippen LogP contribution in [-0.2, 0) is 6.54 Å². The molecule has 0 aliphatic heterocycles. The molecule has 0 bridgehead atoms. The Balaban J connectivity index is 1.77. The van der Waals surface area contributed by atoms with E-state index in [1.807, 2.05) is 0 Å². The van der Waals surface area contributed by atoms with Crippen molar-refractivity contribution in [1.29, 1.82) is 0 Å². The second kappa shape index (κ2) is 6.69. The first kappa shape index (κ1) is 18.1. The van der Waals surface area contributed by atoms with Crippen LogP contribution in [0, 0.1) is 5.92 Å². The predicted molar refractivity (Wildman–Crippen MR) is 66.9 cm³/mol. The third kappa shape index (κ3) is 5.74. The molecule has 1 fully saturated rings. The van der Waals surface area contributed by atoms with Crippen LogP contribution < -0.4 is 15.4 Å². The Morgan fingerprint density at radius 1 is 1.25 bits per heavy atom. The zero-order chi connectivity index (χ0) is 18.0. The molecule has 0 radical (unpaired) electrons. The molecule has 1 aromatic heterocycles. The Kier molecular flexibility index (Phi) is 5.04. The Morgan fingerprint density at radius 3 is 2.54 bits per heavy atom. The molecule has 1 aliphatic rings. The smallest absolute Gasteiger partial charge is 0.422 e. The van der Waals surface area contributed by atoms with Crippen molar-refractivity contribution in [3.8, 4) is 5.88 Å². The third-order valence-electron chi connectivity index (χ3n) is 3.04. The number of alkyl halides is 6. The summed E-state index contributed by atoms with van der Waals surface area (Å²) in [5, 5.41) is 4.40. The summed E-state index contributed by atoms with van der Waals surface area (Å²) in [4.78, 5) is 18.7. The summed E-state index contributed by atoms with van der Waals surface area (Å²) in [5.41, 5.74) is 0.139. The Bertz CT molecular complexity index is 592. The summed E-state index contributed by atoms with van der Waals surface area (Å²) in [6.45, 7) is -1.74. The molecule has 0 aromatic carbocycles. The second-order valence-electron chi connectivity index (χ2n) is 5.07. The summed E-state index contributed by atoms with van der Waals surface area (Å²) in [6.07, 6.45) is -8.11. The molecule has 0 spiro atoms. The molecule has 2 N–H and O–H groups in total. The van der Waals surface area contributed by atoms with Crippen LogP contribution in [0.25, 0.3) is 0 Å². The van der Waals surface area contributed by atoms with Gasteiger partial charge in [-0.1, -0.05) is 0 Å². The minimum Gasteiger partial charge on any atom is -0.468 e. The van der Waals surface area contributed by atoms with Crippen LogP contribution in [0.2, 0.25) is 0 Å². The highest BCUT2D eigenvalue weighted by Crippen LogP contribution is 2.44. The highest BCUT2D eigenvalue weighted by molar-refractivity contribution is 5.74. The molecule has 2 amide bonds. The van der Waals surface area contributed by atoms with Crippen LogP contribution in [0.1, 0.15) is 12.1 Å². The van der Waals surface area contributed by atoms with Crippen LogP contribution in [0.15, 0.2) is 12.4 Å². The van der Waals surface area contributed by atoms with Crippen molar-refractivity contribution in [2.45, 2.75) is 31.4 Å². The van der Waals surface area contributed by atoms with E-state index in [1.165, 1.54) is 0 Å². The van der Waals surface area contributed by atoms with Gasteiger partial charge < -0.3 is 15.4 Å². The van der Waals surface area contributed by atoms with Crippen LogP contribution in [-0.4, -0.2) is 41.0 Å². The second-order valence-corrected chi connectivity index (χ2v) is 5.07. The van der Waals surface area contributed by atoms with Gasteiger partial charge in [0.05, 0.1) is 18.2 Å². The van der Waals surface area contributed by atoms with Gasteiger partial charge in [0.25, 0.3) is 0 Å². The molecule has 12 heteroatoms. The van der Waals surface area contributed by atoms with Gasteiger partial charge in [0.1, 0.15) is 6.33 Å².